The Labute approximate surface area is 146 Å². The molecule has 4 heterocycles. The van der Waals surface area contributed by atoms with Crippen molar-refractivity contribution < 1.29 is 4.79 Å². The van der Waals surface area contributed by atoms with Crippen molar-refractivity contribution in [3.8, 4) is 11.3 Å². The van der Waals surface area contributed by atoms with Gasteiger partial charge in [0, 0.05) is 37.2 Å². The Kier molecular flexibility index (Phi) is 4.09. The number of aromatic nitrogens is 6. The number of carbonyl (C=O) groups is 1. The molecule has 3 N–H and O–H groups in total. The number of fused-ring (bicyclic) bond motifs is 1. The number of hydrogen-bond donors (Lipinski definition) is 3. The van der Waals surface area contributed by atoms with Gasteiger partial charge in [-0.3, -0.25) is 14.9 Å². The van der Waals surface area contributed by atoms with Crippen molar-refractivity contribution in [3.05, 3.63) is 48.7 Å². The van der Waals surface area contributed by atoms with E-state index < -0.39 is 0 Å². The third kappa shape index (κ3) is 3.33. The molecule has 0 aliphatic rings. The van der Waals surface area contributed by atoms with Crippen LogP contribution in [-0.4, -0.2) is 48.8 Å². The highest BCUT2D eigenvalue weighted by Crippen LogP contribution is 2.23. The van der Waals surface area contributed by atoms with Crippen molar-refractivity contribution in [1.29, 1.82) is 0 Å². The van der Waals surface area contributed by atoms with E-state index in [4.69, 9.17) is 0 Å². The molecule has 0 radical (unpaired) electrons. The summed E-state index contributed by atoms with van der Waals surface area (Å²) in [6, 6.07) is 5.46. The molecule has 126 valence electrons. The summed E-state index contributed by atoms with van der Waals surface area (Å²) in [7, 11) is 0. The van der Waals surface area contributed by atoms with Crippen molar-refractivity contribution >= 4 is 27.3 Å². The number of amides is 1. The van der Waals surface area contributed by atoms with E-state index in [2.05, 4.69) is 35.9 Å². The molecule has 0 bridgehead atoms. The molecule has 1 amide bonds. The van der Waals surface area contributed by atoms with Crippen molar-refractivity contribution in [2.24, 2.45) is 0 Å². The molecule has 4 aromatic heterocycles. The smallest absolute Gasteiger partial charge is 0.269 e. The first-order chi connectivity index (χ1) is 12.3. The molecule has 9 nitrogen and oxygen atoms in total. The lowest BCUT2D eigenvalue weighted by molar-refractivity contribution is 0.0950. The predicted molar refractivity (Wildman–Crippen MR) is 93.5 cm³/mol. The van der Waals surface area contributed by atoms with Crippen LogP contribution in [0.15, 0.2) is 43.0 Å². The van der Waals surface area contributed by atoms with Crippen LogP contribution in [0.2, 0.25) is 0 Å². The second-order valence-electron chi connectivity index (χ2n) is 5.16. The topological polar surface area (TPSA) is 113 Å². The Balaban J connectivity index is 1.33. The summed E-state index contributed by atoms with van der Waals surface area (Å²) >= 11 is 1.45. The fourth-order valence-electron chi connectivity index (χ4n) is 2.25. The lowest BCUT2D eigenvalue weighted by Crippen LogP contribution is -2.29. The summed E-state index contributed by atoms with van der Waals surface area (Å²) in [6.07, 6.45) is 6.91. The number of nitrogens with one attached hydrogen (secondary N) is 3. The second-order valence-corrected chi connectivity index (χ2v) is 6.11. The number of aromatic amines is 1. The minimum absolute atomic E-state index is 0.186. The highest BCUT2D eigenvalue weighted by Gasteiger charge is 2.10. The average molecular weight is 354 g/mol. The molecule has 0 aromatic carbocycles. The van der Waals surface area contributed by atoms with Gasteiger partial charge in [0.15, 0.2) is 0 Å². The van der Waals surface area contributed by atoms with Crippen molar-refractivity contribution in [3.63, 3.8) is 0 Å². The van der Waals surface area contributed by atoms with E-state index >= 15 is 0 Å². The maximum atomic E-state index is 11.7. The van der Waals surface area contributed by atoms with E-state index in [9.17, 15) is 4.79 Å². The molecule has 4 rings (SSSR count). The number of carbonyl (C=O) groups excluding carboxylic acids is 1. The van der Waals surface area contributed by atoms with Gasteiger partial charge in [-0.05, 0) is 18.2 Å². The van der Waals surface area contributed by atoms with Crippen LogP contribution in [0.5, 0.6) is 0 Å². The lowest BCUT2D eigenvalue weighted by atomic mass is 10.2. The van der Waals surface area contributed by atoms with Crippen LogP contribution in [0.3, 0.4) is 0 Å². The number of hydrogen-bond acceptors (Lipinski definition) is 7. The van der Waals surface area contributed by atoms with Gasteiger partial charge in [-0.1, -0.05) is 11.3 Å². The van der Waals surface area contributed by atoms with E-state index in [0.717, 1.165) is 21.3 Å². The molecule has 0 fully saturated rings. The van der Waals surface area contributed by atoms with Gasteiger partial charge in [0.05, 0.1) is 11.9 Å². The highest BCUT2D eigenvalue weighted by atomic mass is 32.1. The SMILES string of the molecule is O=C(NCCNc1nn2cc(-c3cccnc3)nc2s1)c1ccn[nH]1. The van der Waals surface area contributed by atoms with Crippen LogP contribution in [0.4, 0.5) is 5.13 Å². The van der Waals surface area contributed by atoms with E-state index in [-0.39, 0.29) is 5.91 Å². The third-order valence-corrected chi connectivity index (χ3v) is 4.31. The molecule has 0 atom stereocenters. The highest BCUT2D eigenvalue weighted by molar-refractivity contribution is 7.20. The molecule has 0 spiro atoms. The monoisotopic (exact) mass is 354 g/mol. The Hall–Kier alpha value is -3.27. The maximum Gasteiger partial charge on any atom is 0.269 e. The van der Waals surface area contributed by atoms with Crippen LogP contribution in [0.1, 0.15) is 10.5 Å². The zero-order valence-electron chi connectivity index (χ0n) is 13.0. The molecule has 4 aromatic rings. The molecule has 0 saturated heterocycles. The van der Waals surface area contributed by atoms with E-state index in [1.54, 1.807) is 23.0 Å². The summed E-state index contributed by atoms with van der Waals surface area (Å²) in [6.45, 7) is 1.03. The van der Waals surface area contributed by atoms with E-state index in [1.165, 1.54) is 17.5 Å². The minimum Gasteiger partial charge on any atom is -0.358 e. The largest absolute Gasteiger partial charge is 0.358 e. The van der Waals surface area contributed by atoms with E-state index in [1.807, 2.05) is 18.3 Å². The fourth-order valence-corrected chi connectivity index (χ4v) is 3.05. The van der Waals surface area contributed by atoms with Crippen molar-refractivity contribution in [2.45, 2.75) is 0 Å². The van der Waals surface area contributed by atoms with Gasteiger partial charge in [-0.25, -0.2) is 9.50 Å². The van der Waals surface area contributed by atoms with Gasteiger partial charge in [-0.15, -0.1) is 5.10 Å². The second kappa shape index (κ2) is 6.69. The minimum atomic E-state index is -0.186. The fraction of sp³-hybridized carbons (Fsp3) is 0.133. The first-order valence-corrected chi connectivity index (χ1v) is 8.39. The third-order valence-electron chi connectivity index (χ3n) is 3.43. The normalized spacial score (nSPS) is 10.9. The zero-order chi connectivity index (χ0) is 17.1. The molecular weight excluding hydrogens is 340 g/mol. The Morgan fingerprint density at radius 1 is 1.28 bits per heavy atom. The summed E-state index contributed by atoms with van der Waals surface area (Å²) in [4.78, 5) is 21.2. The number of H-pyrrole nitrogens is 1. The Morgan fingerprint density at radius 3 is 3.00 bits per heavy atom. The molecule has 0 saturated carbocycles. The number of nitrogens with zero attached hydrogens (tertiary/aromatic N) is 5. The molecular formula is C15H14N8OS. The quantitative estimate of drug-likeness (QED) is 0.451. The molecule has 0 aliphatic carbocycles. The van der Waals surface area contributed by atoms with Gasteiger partial charge in [0.1, 0.15) is 5.69 Å². The van der Waals surface area contributed by atoms with Crippen LogP contribution in [-0.2, 0) is 0 Å². The first-order valence-electron chi connectivity index (χ1n) is 7.58. The van der Waals surface area contributed by atoms with Gasteiger partial charge in [-0.2, -0.15) is 5.10 Å². The number of rotatable bonds is 6. The number of anilines is 1. The van der Waals surface area contributed by atoms with Gasteiger partial charge in [0.2, 0.25) is 10.1 Å². The van der Waals surface area contributed by atoms with Crippen LogP contribution in [0.25, 0.3) is 16.2 Å². The summed E-state index contributed by atoms with van der Waals surface area (Å²) in [5.41, 5.74) is 2.23. The molecule has 10 heteroatoms. The van der Waals surface area contributed by atoms with Crippen LogP contribution in [0, 0.1) is 0 Å². The Bertz CT molecular complexity index is 944. The average Bonchev–Trinajstić information content (AvgIpc) is 3.35. The zero-order valence-corrected chi connectivity index (χ0v) is 13.8. The van der Waals surface area contributed by atoms with Crippen LogP contribution < -0.4 is 10.6 Å². The van der Waals surface area contributed by atoms with Gasteiger partial charge < -0.3 is 10.6 Å². The summed E-state index contributed by atoms with van der Waals surface area (Å²) in [5, 5.41) is 17.5. The van der Waals surface area contributed by atoms with Gasteiger partial charge in [0.25, 0.3) is 5.91 Å². The first kappa shape index (κ1) is 15.3. The molecule has 0 aliphatic heterocycles. The van der Waals surface area contributed by atoms with Gasteiger partial charge >= 0.3 is 0 Å². The van der Waals surface area contributed by atoms with Crippen molar-refractivity contribution in [1.82, 2.24) is 35.1 Å². The number of pyridine rings is 1. The van der Waals surface area contributed by atoms with Crippen LogP contribution >= 0.6 is 11.3 Å². The summed E-state index contributed by atoms with van der Waals surface area (Å²) < 4.78 is 1.73. The molecule has 0 unspecified atom stereocenters. The Morgan fingerprint density at radius 2 is 2.24 bits per heavy atom. The lowest BCUT2D eigenvalue weighted by Gasteiger charge is -2.03. The summed E-state index contributed by atoms with van der Waals surface area (Å²) in [5.74, 6) is -0.186. The number of imidazole rings is 1. The predicted octanol–water partition coefficient (Wildman–Crippen LogP) is 1.42. The maximum absolute atomic E-state index is 11.7. The molecule has 25 heavy (non-hydrogen) atoms. The van der Waals surface area contributed by atoms with Crippen molar-refractivity contribution in [2.75, 3.05) is 18.4 Å². The standard InChI is InChI=1S/C15H14N8OS/c24-13(11-3-5-19-21-11)17-6-7-18-14-22-23-9-12(20-15(23)25-14)10-2-1-4-16-8-10/h1-5,8-9H,6-7H2,(H,17,24)(H,18,22)(H,19,21). The van der Waals surface area contributed by atoms with E-state index in [0.29, 0.717) is 18.8 Å².